The number of rotatable bonds is 6. The van der Waals surface area contributed by atoms with Gasteiger partial charge in [-0.25, -0.2) is 9.59 Å². The highest BCUT2D eigenvalue weighted by Gasteiger charge is 2.08. The number of unbranched alkanes of at least 4 members (excludes halogenated alkanes) is 1. The lowest BCUT2D eigenvalue weighted by Crippen LogP contribution is -2.14. The highest BCUT2D eigenvalue weighted by atomic mass is 16.5. The molecule has 0 N–H and O–H groups in total. The van der Waals surface area contributed by atoms with E-state index in [-0.39, 0.29) is 11.7 Å². The van der Waals surface area contributed by atoms with Crippen LogP contribution < -0.4 is 5.76 Å². The lowest BCUT2D eigenvalue weighted by atomic mass is 10.2. The van der Waals surface area contributed by atoms with Gasteiger partial charge in [-0.1, -0.05) is 30.3 Å². The topological polar surface area (TPSA) is 61.4 Å². The molecular weight excluding hydrogens is 294 g/mol. The van der Waals surface area contributed by atoms with Crippen LogP contribution >= 0.6 is 0 Å². The lowest BCUT2D eigenvalue weighted by Gasteiger charge is -2.05. The number of nitrogens with zero attached hydrogens (tertiary/aromatic N) is 1. The van der Waals surface area contributed by atoms with Crippen molar-refractivity contribution in [2.45, 2.75) is 19.4 Å². The van der Waals surface area contributed by atoms with Gasteiger partial charge in [-0.15, -0.1) is 0 Å². The van der Waals surface area contributed by atoms with Crippen LogP contribution in [0.15, 0.2) is 63.8 Å². The van der Waals surface area contributed by atoms with Crippen LogP contribution in [0.5, 0.6) is 0 Å². The van der Waals surface area contributed by atoms with Crippen molar-refractivity contribution in [1.82, 2.24) is 4.57 Å². The third-order valence-corrected chi connectivity index (χ3v) is 3.59. The molecule has 5 heteroatoms. The van der Waals surface area contributed by atoms with Crippen LogP contribution in [0.4, 0.5) is 0 Å². The summed E-state index contributed by atoms with van der Waals surface area (Å²) in [5.41, 5.74) is 1.93. The van der Waals surface area contributed by atoms with E-state index >= 15 is 0 Å². The summed E-state index contributed by atoms with van der Waals surface area (Å²) in [5, 5.41) is 0. The fourth-order valence-electron chi connectivity index (χ4n) is 2.42. The van der Waals surface area contributed by atoms with Crippen LogP contribution in [0.1, 0.15) is 23.2 Å². The maximum absolute atomic E-state index is 11.8. The van der Waals surface area contributed by atoms with E-state index in [2.05, 4.69) is 0 Å². The largest absolute Gasteiger partial charge is 0.462 e. The van der Waals surface area contributed by atoms with Crippen molar-refractivity contribution in [3.63, 3.8) is 0 Å². The number of para-hydroxylation sites is 2. The molecular formula is C18H17NO4. The number of benzene rings is 2. The third kappa shape index (κ3) is 3.51. The Morgan fingerprint density at radius 2 is 1.74 bits per heavy atom. The van der Waals surface area contributed by atoms with Crippen LogP contribution in [0.3, 0.4) is 0 Å². The predicted octanol–water partition coefficient (Wildman–Crippen LogP) is 3.23. The van der Waals surface area contributed by atoms with E-state index in [1.807, 2.05) is 24.3 Å². The molecule has 0 saturated heterocycles. The zero-order chi connectivity index (χ0) is 16.1. The predicted molar refractivity (Wildman–Crippen MR) is 86.4 cm³/mol. The molecule has 0 radical (unpaired) electrons. The van der Waals surface area contributed by atoms with Crippen LogP contribution in [0, 0.1) is 0 Å². The minimum absolute atomic E-state index is 0.323. The van der Waals surface area contributed by atoms with Gasteiger partial charge in [0.1, 0.15) is 0 Å². The van der Waals surface area contributed by atoms with E-state index in [0.29, 0.717) is 30.7 Å². The smallest absolute Gasteiger partial charge is 0.419 e. The molecule has 0 aliphatic heterocycles. The summed E-state index contributed by atoms with van der Waals surface area (Å²) in [6.45, 7) is 0.872. The van der Waals surface area contributed by atoms with E-state index in [4.69, 9.17) is 9.15 Å². The van der Waals surface area contributed by atoms with E-state index in [0.717, 1.165) is 11.9 Å². The maximum atomic E-state index is 11.8. The number of esters is 1. The highest BCUT2D eigenvalue weighted by molar-refractivity contribution is 5.89. The summed E-state index contributed by atoms with van der Waals surface area (Å²) >= 11 is 0. The molecule has 2 aromatic carbocycles. The third-order valence-electron chi connectivity index (χ3n) is 3.59. The number of aryl methyl sites for hydroxylation is 1. The summed E-state index contributed by atoms with van der Waals surface area (Å²) in [6, 6.07) is 16.2. The Kier molecular flexibility index (Phi) is 4.57. The van der Waals surface area contributed by atoms with Crippen molar-refractivity contribution in [2.75, 3.05) is 6.61 Å². The van der Waals surface area contributed by atoms with Gasteiger partial charge in [0.15, 0.2) is 5.58 Å². The fraction of sp³-hybridized carbons (Fsp3) is 0.222. The van der Waals surface area contributed by atoms with Gasteiger partial charge in [-0.2, -0.15) is 0 Å². The molecule has 0 fully saturated rings. The molecule has 0 unspecified atom stereocenters. The Bertz CT molecular complexity index is 848. The summed E-state index contributed by atoms with van der Waals surface area (Å²) < 4.78 is 12.0. The van der Waals surface area contributed by atoms with E-state index in [1.54, 1.807) is 34.9 Å². The summed E-state index contributed by atoms with van der Waals surface area (Å²) in [6.07, 6.45) is 1.41. The first-order valence-electron chi connectivity index (χ1n) is 7.56. The molecule has 0 amide bonds. The number of ether oxygens (including phenoxy) is 1. The normalized spacial score (nSPS) is 10.8. The minimum Gasteiger partial charge on any atom is -0.462 e. The molecule has 23 heavy (non-hydrogen) atoms. The van der Waals surface area contributed by atoms with Crippen LogP contribution in [0.2, 0.25) is 0 Å². The van der Waals surface area contributed by atoms with Crippen molar-refractivity contribution >= 4 is 17.1 Å². The van der Waals surface area contributed by atoms with Gasteiger partial charge in [0.2, 0.25) is 0 Å². The van der Waals surface area contributed by atoms with Gasteiger partial charge in [-0.3, -0.25) is 4.57 Å². The van der Waals surface area contributed by atoms with Crippen LogP contribution in [-0.4, -0.2) is 17.1 Å². The molecule has 0 bridgehead atoms. The van der Waals surface area contributed by atoms with E-state index < -0.39 is 0 Å². The Morgan fingerprint density at radius 3 is 2.57 bits per heavy atom. The number of hydrogen-bond donors (Lipinski definition) is 0. The lowest BCUT2D eigenvalue weighted by molar-refractivity contribution is 0.0497. The van der Waals surface area contributed by atoms with Gasteiger partial charge in [0.25, 0.3) is 0 Å². The zero-order valence-electron chi connectivity index (χ0n) is 12.6. The summed E-state index contributed by atoms with van der Waals surface area (Å²) in [5.74, 6) is -0.677. The molecule has 1 aromatic heterocycles. The number of aromatic nitrogens is 1. The number of carbonyl (C=O) groups excluding carboxylic acids is 1. The zero-order valence-corrected chi connectivity index (χ0v) is 12.6. The molecule has 0 spiro atoms. The van der Waals surface area contributed by atoms with Crippen molar-refractivity contribution < 1.29 is 13.9 Å². The molecule has 3 aromatic rings. The standard InChI is InChI=1S/C18H17NO4/c20-17(14-8-2-1-3-9-14)22-13-7-6-12-19-15-10-4-5-11-16(15)23-18(19)21/h1-5,8-11H,6-7,12-13H2. The Hall–Kier alpha value is -2.82. The first-order valence-corrected chi connectivity index (χ1v) is 7.56. The molecule has 0 atom stereocenters. The monoisotopic (exact) mass is 311 g/mol. The van der Waals surface area contributed by atoms with Crippen LogP contribution in [0.25, 0.3) is 11.1 Å². The Morgan fingerprint density at radius 1 is 1.00 bits per heavy atom. The maximum Gasteiger partial charge on any atom is 0.419 e. The fourth-order valence-corrected chi connectivity index (χ4v) is 2.42. The van der Waals surface area contributed by atoms with Gasteiger partial charge in [-0.05, 0) is 37.1 Å². The number of fused-ring (bicyclic) bond motifs is 1. The van der Waals surface area contributed by atoms with E-state index in [9.17, 15) is 9.59 Å². The van der Waals surface area contributed by atoms with Gasteiger partial charge < -0.3 is 9.15 Å². The second-order valence-electron chi connectivity index (χ2n) is 5.20. The molecule has 5 nitrogen and oxygen atoms in total. The van der Waals surface area contributed by atoms with Crippen molar-refractivity contribution in [1.29, 1.82) is 0 Å². The molecule has 118 valence electrons. The van der Waals surface area contributed by atoms with Crippen LogP contribution in [-0.2, 0) is 11.3 Å². The summed E-state index contributed by atoms with van der Waals surface area (Å²) in [4.78, 5) is 23.6. The molecule has 0 saturated carbocycles. The van der Waals surface area contributed by atoms with Gasteiger partial charge in [0, 0.05) is 6.54 Å². The van der Waals surface area contributed by atoms with Gasteiger partial charge in [0.05, 0.1) is 17.7 Å². The van der Waals surface area contributed by atoms with Crippen molar-refractivity contribution in [3.05, 3.63) is 70.7 Å². The summed E-state index contributed by atoms with van der Waals surface area (Å²) in [7, 11) is 0. The Labute approximate surface area is 133 Å². The van der Waals surface area contributed by atoms with Crippen molar-refractivity contribution in [2.24, 2.45) is 0 Å². The quantitative estimate of drug-likeness (QED) is 0.518. The number of oxazole rings is 1. The number of carbonyl (C=O) groups is 1. The average Bonchev–Trinajstić information content (AvgIpc) is 2.91. The first-order chi connectivity index (χ1) is 11.3. The van der Waals surface area contributed by atoms with Crippen molar-refractivity contribution in [3.8, 4) is 0 Å². The molecule has 1 heterocycles. The second kappa shape index (κ2) is 6.96. The first kappa shape index (κ1) is 15.1. The molecule has 0 aliphatic carbocycles. The Balaban J connectivity index is 1.49. The molecule has 3 rings (SSSR count). The second-order valence-corrected chi connectivity index (χ2v) is 5.20. The molecule has 0 aliphatic rings. The minimum atomic E-state index is -0.354. The highest BCUT2D eigenvalue weighted by Crippen LogP contribution is 2.12. The number of hydrogen-bond acceptors (Lipinski definition) is 4. The van der Waals surface area contributed by atoms with E-state index in [1.165, 1.54) is 0 Å². The average molecular weight is 311 g/mol. The van der Waals surface area contributed by atoms with Gasteiger partial charge >= 0.3 is 11.7 Å². The SMILES string of the molecule is O=C(OCCCCn1c(=O)oc2ccccc21)c1ccccc1.